The highest BCUT2D eigenvalue weighted by Gasteiger charge is 2.44. The van der Waals surface area contributed by atoms with Crippen LogP contribution < -0.4 is 19.9 Å². The van der Waals surface area contributed by atoms with E-state index in [1.54, 1.807) is 6.07 Å². The average Bonchev–Trinajstić information content (AvgIpc) is 3.69. The number of fused-ring (bicyclic) bond motifs is 2. The second-order valence-electron chi connectivity index (χ2n) is 11.6. The zero-order valence-corrected chi connectivity index (χ0v) is 24.2. The van der Waals surface area contributed by atoms with Crippen LogP contribution in [-0.2, 0) is 13.0 Å². The van der Waals surface area contributed by atoms with Crippen LogP contribution in [0.25, 0.3) is 10.8 Å². The minimum Gasteiger partial charge on any atom is -0.508 e. The summed E-state index contributed by atoms with van der Waals surface area (Å²) in [4.78, 5) is 16.6. The molecule has 9 nitrogen and oxygen atoms in total. The fraction of sp³-hybridized carbons (Fsp3) is 0.517. The van der Waals surface area contributed by atoms with Crippen molar-refractivity contribution in [3.63, 3.8) is 0 Å². The number of aliphatic hydroxyl groups is 1. The molecule has 3 heterocycles. The summed E-state index contributed by atoms with van der Waals surface area (Å²) in [6.45, 7) is 5.58. The van der Waals surface area contributed by atoms with Crippen molar-refractivity contribution in [3.05, 3.63) is 46.1 Å². The van der Waals surface area contributed by atoms with Gasteiger partial charge in [0.25, 0.3) is 0 Å². The maximum absolute atomic E-state index is 10.5. The van der Waals surface area contributed by atoms with Crippen LogP contribution in [-0.4, -0.2) is 91.2 Å². The van der Waals surface area contributed by atoms with Crippen LogP contribution in [0.3, 0.4) is 0 Å². The molecule has 3 aliphatic rings. The molecular formula is C29H37BrN6O3. The van der Waals surface area contributed by atoms with Gasteiger partial charge in [0.15, 0.2) is 0 Å². The molecule has 2 aromatic carbocycles. The Morgan fingerprint density at radius 2 is 2.03 bits per heavy atom. The summed E-state index contributed by atoms with van der Waals surface area (Å²) in [6.07, 6.45) is 2.60. The SMILES string of the molecule is CN(C)CC1(COc2nc3c(c(N4CCNCC(O)C4)n2)CCN(c2cc(O)cc4cccc(Br)c24)C3)CC1. The number of halogens is 1. The van der Waals surface area contributed by atoms with Crippen LogP contribution in [0.1, 0.15) is 24.1 Å². The highest BCUT2D eigenvalue weighted by molar-refractivity contribution is 9.10. The predicted molar refractivity (Wildman–Crippen MR) is 157 cm³/mol. The number of hydrogen-bond donors (Lipinski definition) is 3. The standard InChI is InChI=1S/C29H37BrN6O3/c1-34(2)17-29(7-8-29)18-39-28-32-24-16-35(25-13-20(37)12-19-4-3-5-23(30)26(19)25)10-6-22(24)27(33-28)36-11-9-31-14-21(38)15-36/h3-5,12-13,21,31,37-38H,6-11,14-18H2,1-2H3. The number of nitrogens with one attached hydrogen (secondary N) is 1. The van der Waals surface area contributed by atoms with Crippen molar-refractivity contribution in [2.24, 2.45) is 5.41 Å². The second kappa shape index (κ2) is 10.7. The van der Waals surface area contributed by atoms with Crippen LogP contribution in [0.2, 0.25) is 0 Å². The first-order chi connectivity index (χ1) is 18.8. The summed E-state index contributed by atoms with van der Waals surface area (Å²) < 4.78 is 7.31. The van der Waals surface area contributed by atoms with E-state index in [1.165, 1.54) is 0 Å². The molecule has 0 bridgehead atoms. The number of benzene rings is 2. The Bertz CT molecular complexity index is 1360. The summed E-state index contributed by atoms with van der Waals surface area (Å²) in [5, 5.41) is 26.4. The number of anilines is 2. The summed E-state index contributed by atoms with van der Waals surface area (Å²) >= 11 is 3.73. The molecule has 0 radical (unpaired) electrons. The lowest BCUT2D eigenvalue weighted by molar-refractivity contribution is 0.181. The van der Waals surface area contributed by atoms with Crippen LogP contribution in [0.4, 0.5) is 11.5 Å². The number of hydrogen-bond acceptors (Lipinski definition) is 9. The Morgan fingerprint density at radius 1 is 1.18 bits per heavy atom. The third-order valence-electron chi connectivity index (χ3n) is 8.04. The Hall–Kier alpha value is -2.66. The van der Waals surface area contributed by atoms with Gasteiger partial charge in [0.2, 0.25) is 0 Å². The maximum Gasteiger partial charge on any atom is 0.318 e. The number of nitrogens with zero attached hydrogens (tertiary/aromatic N) is 5. The van der Waals surface area contributed by atoms with Gasteiger partial charge in [0.1, 0.15) is 11.6 Å². The topological polar surface area (TPSA) is 97.2 Å². The van der Waals surface area contributed by atoms with E-state index in [9.17, 15) is 10.2 Å². The van der Waals surface area contributed by atoms with Crippen molar-refractivity contribution < 1.29 is 14.9 Å². The summed E-state index contributed by atoms with van der Waals surface area (Å²) in [6, 6.07) is 10.1. The van der Waals surface area contributed by atoms with Crippen LogP contribution in [0.5, 0.6) is 11.8 Å². The highest BCUT2D eigenvalue weighted by Crippen LogP contribution is 2.46. The van der Waals surface area contributed by atoms with E-state index in [4.69, 9.17) is 14.7 Å². The van der Waals surface area contributed by atoms with E-state index in [2.05, 4.69) is 50.0 Å². The second-order valence-corrected chi connectivity index (χ2v) is 12.4. The normalized spacial score (nSPS) is 20.7. The van der Waals surface area contributed by atoms with Crippen molar-refractivity contribution in [1.82, 2.24) is 20.2 Å². The van der Waals surface area contributed by atoms with E-state index >= 15 is 0 Å². The summed E-state index contributed by atoms with van der Waals surface area (Å²) in [5.74, 6) is 1.12. The summed E-state index contributed by atoms with van der Waals surface area (Å²) in [7, 11) is 4.20. The average molecular weight is 598 g/mol. The molecule has 1 unspecified atom stereocenters. The zero-order valence-electron chi connectivity index (χ0n) is 22.7. The molecule has 0 amide bonds. The van der Waals surface area contributed by atoms with Crippen molar-refractivity contribution >= 4 is 38.2 Å². The Labute approximate surface area is 237 Å². The Kier molecular flexibility index (Phi) is 7.30. The molecule has 1 aromatic heterocycles. The zero-order chi connectivity index (χ0) is 27.1. The Morgan fingerprint density at radius 3 is 2.82 bits per heavy atom. The maximum atomic E-state index is 10.5. The van der Waals surface area contributed by atoms with E-state index in [1.807, 2.05) is 24.3 Å². The quantitative estimate of drug-likeness (QED) is 0.380. The largest absolute Gasteiger partial charge is 0.508 e. The monoisotopic (exact) mass is 596 g/mol. The van der Waals surface area contributed by atoms with Gasteiger partial charge in [-0.15, -0.1) is 0 Å². The molecule has 6 rings (SSSR count). The van der Waals surface area contributed by atoms with Gasteiger partial charge in [-0.1, -0.05) is 28.1 Å². The number of rotatable bonds is 7. The molecule has 10 heteroatoms. The van der Waals surface area contributed by atoms with E-state index in [-0.39, 0.29) is 11.2 Å². The van der Waals surface area contributed by atoms with Gasteiger partial charge in [0, 0.05) is 71.9 Å². The Balaban J connectivity index is 1.35. The number of aliphatic hydroxyl groups excluding tert-OH is 1. The molecule has 2 fully saturated rings. The number of ether oxygens (including phenoxy) is 1. The smallest absolute Gasteiger partial charge is 0.318 e. The molecule has 208 valence electrons. The molecule has 2 aliphatic heterocycles. The first-order valence-corrected chi connectivity index (χ1v) is 14.6. The third-order valence-corrected chi connectivity index (χ3v) is 8.70. The highest BCUT2D eigenvalue weighted by atomic mass is 79.9. The number of β-amino-alcohol motifs (C(OH)–C–C–N with tert-alkyl or cyclic N) is 1. The van der Waals surface area contributed by atoms with Gasteiger partial charge in [0.05, 0.1) is 24.9 Å². The van der Waals surface area contributed by atoms with Gasteiger partial charge in [-0.05, 0) is 50.9 Å². The number of aromatic hydroxyl groups is 1. The first-order valence-electron chi connectivity index (χ1n) is 13.8. The molecule has 3 N–H and O–H groups in total. The van der Waals surface area contributed by atoms with Crippen molar-refractivity contribution in [2.75, 3.05) is 69.8 Å². The van der Waals surface area contributed by atoms with E-state index in [0.717, 1.165) is 83.4 Å². The van der Waals surface area contributed by atoms with Gasteiger partial charge in [-0.25, -0.2) is 0 Å². The third kappa shape index (κ3) is 5.66. The predicted octanol–water partition coefficient (Wildman–Crippen LogP) is 3.15. The van der Waals surface area contributed by atoms with Gasteiger partial charge >= 0.3 is 6.01 Å². The molecule has 1 saturated carbocycles. The van der Waals surface area contributed by atoms with Gasteiger partial charge in [-0.3, -0.25) is 0 Å². The molecule has 0 spiro atoms. The molecule has 3 aromatic rings. The van der Waals surface area contributed by atoms with E-state index in [0.29, 0.717) is 32.3 Å². The number of aromatic nitrogens is 2. The number of phenols is 1. The fourth-order valence-electron chi connectivity index (χ4n) is 6.01. The van der Waals surface area contributed by atoms with Gasteiger partial charge in [-0.2, -0.15) is 9.97 Å². The lowest BCUT2D eigenvalue weighted by atomic mass is 10.0. The fourth-order valence-corrected chi connectivity index (χ4v) is 6.60. The molecular weight excluding hydrogens is 560 g/mol. The van der Waals surface area contributed by atoms with Crippen LogP contribution >= 0.6 is 15.9 Å². The molecule has 1 saturated heterocycles. The van der Waals surface area contributed by atoms with Crippen LogP contribution in [0, 0.1) is 5.41 Å². The lowest BCUT2D eigenvalue weighted by Crippen LogP contribution is -2.37. The first kappa shape index (κ1) is 26.6. The van der Waals surface area contributed by atoms with Crippen molar-refractivity contribution in [3.8, 4) is 11.8 Å². The lowest BCUT2D eigenvalue weighted by Gasteiger charge is -2.34. The number of phenolic OH excluding ortho intramolecular Hbond substituents is 1. The van der Waals surface area contributed by atoms with Crippen molar-refractivity contribution in [1.29, 1.82) is 0 Å². The van der Waals surface area contributed by atoms with Gasteiger partial charge < -0.3 is 35.0 Å². The minimum absolute atomic E-state index is 0.171. The minimum atomic E-state index is -0.464. The van der Waals surface area contributed by atoms with Crippen LogP contribution in [0.15, 0.2) is 34.8 Å². The van der Waals surface area contributed by atoms with Crippen molar-refractivity contribution in [2.45, 2.75) is 31.9 Å². The van der Waals surface area contributed by atoms with E-state index < -0.39 is 6.10 Å². The molecule has 39 heavy (non-hydrogen) atoms. The molecule has 1 atom stereocenters. The molecule has 1 aliphatic carbocycles. The summed E-state index contributed by atoms with van der Waals surface area (Å²) in [5.41, 5.74) is 3.20.